The molecule has 21 heavy (non-hydrogen) atoms. The number of anilines is 3. The van der Waals surface area contributed by atoms with Crippen LogP contribution in [0.25, 0.3) is 0 Å². The van der Waals surface area contributed by atoms with E-state index in [1.165, 1.54) is 21.2 Å². The predicted octanol–water partition coefficient (Wildman–Crippen LogP) is 4.41. The molecule has 0 N–H and O–H groups in total. The molecule has 0 saturated heterocycles. The molecule has 1 aliphatic heterocycles. The molecule has 1 aliphatic rings. The van der Waals surface area contributed by atoms with E-state index in [0.29, 0.717) is 0 Å². The highest BCUT2D eigenvalue weighted by Gasteiger charge is 2.23. The fraction of sp³-hybridized carbons (Fsp3) is 0. The van der Waals surface area contributed by atoms with Crippen molar-refractivity contribution in [3.63, 3.8) is 0 Å². The van der Waals surface area contributed by atoms with Crippen LogP contribution in [0.4, 0.5) is 17.1 Å². The second-order valence-electron chi connectivity index (χ2n) is 4.96. The molecule has 3 aromatic carbocycles. The van der Waals surface area contributed by atoms with Gasteiger partial charge in [-0.25, -0.2) is 0 Å². The van der Waals surface area contributed by atoms with Crippen molar-refractivity contribution in [3.05, 3.63) is 72.8 Å². The highest BCUT2D eigenvalue weighted by molar-refractivity contribution is 7.99. The average Bonchev–Trinajstić information content (AvgIpc) is 2.53. The number of benzene rings is 3. The molecule has 3 heteroatoms. The van der Waals surface area contributed by atoms with Crippen molar-refractivity contribution in [2.75, 3.05) is 4.90 Å². The highest BCUT2D eigenvalue weighted by Crippen LogP contribution is 2.50. The van der Waals surface area contributed by atoms with Crippen LogP contribution in [0, 0.1) is 0 Å². The van der Waals surface area contributed by atoms with E-state index >= 15 is 0 Å². The zero-order valence-corrected chi connectivity index (χ0v) is 12.2. The van der Waals surface area contributed by atoms with Crippen molar-refractivity contribution in [1.82, 2.24) is 0 Å². The summed E-state index contributed by atoms with van der Waals surface area (Å²) >= 11 is 1.82. The molecule has 0 aliphatic carbocycles. The van der Waals surface area contributed by atoms with Crippen molar-refractivity contribution < 1.29 is 0 Å². The lowest BCUT2D eigenvalue weighted by Crippen LogP contribution is -2.15. The van der Waals surface area contributed by atoms with Gasteiger partial charge in [0.1, 0.15) is 7.85 Å². The van der Waals surface area contributed by atoms with Gasteiger partial charge in [-0.15, -0.1) is 0 Å². The Bertz CT molecular complexity index is 753. The smallest absolute Gasteiger partial charge is 0.113 e. The van der Waals surface area contributed by atoms with Gasteiger partial charge in [-0.05, 0) is 36.4 Å². The highest BCUT2D eigenvalue weighted by atomic mass is 32.2. The molecule has 0 atom stereocenters. The lowest BCUT2D eigenvalue weighted by Gasteiger charge is -2.32. The topological polar surface area (TPSA) is 3.24 Å². The normalized spacial score (nSPS) is 12.7. The second kappa shape index (κ2) is 5.01. The van der Waals surface area contributed by atoms with Gasteiger partial charge in [0.2, 0.25) is 0 Å². The third-order valence-electron chi connectivity index (χ3n) is 3.58. The molecule has 2 radical (unpaired) electrons. The first-order valence-corrected chi connectivity index (χ1v) is 7.66. The summed E-state index contributed by atoms with van der Waals surface area (Å²) in [6, 6.07) is 25.0. The van der Waals surface area contributed by atoms with Gasteiger partial charge in [-0.3, -0.25) is 0 Å². The summed E-state index contributed by atoms with van der Waals surface area (Å²) in [7, 11) is 5.82. The molecule has 3 aromatic rings. The maximum Gasteiger partial charge on any atom is 0.113 e. The van der Waals surface area contributed by atoms with Crippen LogP contribution in [0.2, 0.25) is 0 Å². The van der Waals surface area contributed by atoms with Crippen LogP contribution in [0.3, 0.4) is 0 Å². The Morgan fingerprint density at radius 2 is 1.19 bits per heavy atom. The first-order valence-electron chi connectivity index (χ1n) is 6.84. The summed E-state index contributed by atoms with van der Waals surface area (Å²) in [4.78, 5) is 4.83. The minimum atomic E-state index is 0.784. The number of para-hydroxylation sites is 2. The summed E-state index contributed by atoms with van der Waals surface area (Å²) < 4.78 is 0. The van der Waals surface area contributed by atoms with Gasteiger partial charge in [-0.2, -0.15) is 0 Å². The Hall–Kier alpha value is -2.13. The number of nitrogens with zero attached hydrogens (tertiary/aromatic N) is 1. The Labute approximate surface area is 130 Å². The summed E-state index contributed by atoms with van der Waals surface area (Å²) in [5, 5.41) is 0. The Kier molecular flexibility index (Phi) is 3.01. The number of fused-ring (bicyclic) bond motifs is 2. The quantitative estimate of drug-likeness (QED) is 0.476. The van der Waals surface area contributed by atoms with E-state index in [1.54, 1.807) is 0 Å². The number of rotatable bonds is 1. The van der Waals surface area contributed by atoms with Crippen LogP contribution in [-0.4, -0.2) is 7.85 Å². The summed E-state index contributed by atoms with van der Waals surface area (Å²) in [6.07, 6.45) is 0. The van der Waals surface area contributed by atoms with Gasteiger partial charge in [0.15, 0.2) is 0 Å². The van der Waals surface area contributed by atoms with Crippen molar-refractivity contribution in [3.8, 4) is 0 Å². The van der Waals surface area contributed by atoms with Crippen molar-refractivity contribution in [1.29, 1.82) is 0 Å². The molecule has 98 valence electrons. The van der Waals surface area contributed by atoms with Crippen LogP contribution in [-0.2, 0) is 0 Å². The summed E-state index contributed by atoms with van der Waals surface area (Å²) in [6.45, 7) is 0. The first kappa shape index (κ1) is 12.6. The SMILES string of the molecule is [B]c1ccc(N2c3ccccc3Sc3ccccc32)cc1. The van der Waals surface area contributed by atoms with Crippen LogP contribution < -0.4 is 10.4 Å². The second-order valence-corrected chi connectivity index (χ2v) is 6.05. The van der Waals surface area contributed by atoms with Gasteiger partial charge in [0.05, 0.1) is 11.4 Å². The zero-order chi connectivity index (χ0) is 14.2. The molecule has 1 heterocycles. The molecule has 0 spiro atoms. The van der Waals surface area contributed by atoms with Crippen LogP contribution in [0.5, 0.6) is 0 Å². The average molecular weight is 285 g/mol. The molecular weight excluding hydrogens is 273 g/mol. The molecule has 0 bridgehead atoms. The monoisotopic (exact) mass is 285 g/mol. The van der Waals surface area contributed by atoms with Crippen molar-refractivity contribution in [2.45, 2.75) is 9.79 Å². The van der Waals surface area contributed by atoms with Crippen LogP contribution in [0.15, 0.2) is 82.6 Å². The summed E-state index contributed by atoms with van der Waals surface area (Å²) in [5.74, 6) is 0. The molecule has 0 fully saturated rings. The molecule has 0 aromatic heterocycles. The third-order valence-corrected chi connectivity index (χ3v) is 4.71. The van der Waals surface area contributed by atoms with E-state index in [-0.39, 0.29) is 0 Å². The maximum atomic E-state index is 5.82. The van der Waals surface area contributed by atoms with Gasteiger partial charge >= 0.3 is 0 Å². The van der Waals surface area contributed by atoms with Crippen molar-refractivity contribution >= 4 is 42.1 Å². The van der Waals surface area contributed by atoms with Gasteiger partial charge in [-0.1, -0.05) is 53.6 Å². The van der Waals surface area contributed by atoms with E-state index in [9.17, 15) is 0 Å². The van der Waals surface area contributed by atoms with E-state index in [4.69, 9.17) is 7.85 Å². The molecule has 1 nitrogen and oxygen atoms in total. The van der Waals surface area contributed by atoms with Gasteiger partial charge in [0, 0.05) is 15.5 Å². The fourth-order valence-electron chi connectivity index (χ4n) is 2.61. The lowest BCUT2D eigenvalue weighted by molar-refractivity contribution is 1.17. The van der Waals surface area contributed by atoms with Gasteiger partial charge < -0.3 is 4.90 Å². The lowest BCUT2D eigenvalue weighted by atomic mass is 9.96. The van der Waals surface area contributed by atoms with E-state index < -0.39 is 0 Å². The van der Waals surface area contributed by atoms with E-state index in [1.807, 2.05) is 23.9 Å². The first-order chi connectivity index (χ1) is 10.3. The largest absolute Gasteiger partial charge is 0.308 e. The number of hydrogen-bond donors (Lipinski definition) is 0. The molecular formula is C18H12BNS. The van der Waals surface area contributed by atoms with E-state index in [0.717, 1.165) is 11.2 Å². The third kappa shape index (κ3) is 2.14. The Morgan fingerprint density at radius 3 is 1.76 bits per heavy atom. The Balaban J connectivity index is 1.95. The summed E-state index contributed by atoms with van der Waals surface area (Å²) in [5.41, 5.74) is 4.34. The Morgan fingerprint density at radius 1 is 0.667 bits per heavy atom. The number of hydrogen-bond acceptors (Lipinski definition) is 2. The van der Waals surface area contributed by atoms with E-state index in [2.05, 4.69) is 65.6 Å². The fourth-order valence-corrected chi connectivity index (χ4v) is 3.66. The van der Waals surface area contributed by atoms with Crippen molar-refractivity contribution in [2.24, 2.45) is 0 Å². The zero-order valence-electron chi connectivity index (χ0n) is 11.4. The predicted molar refractivity (Wildman–Crippen MR) is 90.6 cm³/mol. The molecule has 0 saturated carbocycles. The molecule has 4 rings (SSSR count). The minimum Gasteiger partial charge on any atom is -0.308 e. The standard InChI is InChI=1S/C18H12BNS/c19-13-9-11-14(12-10-13)20-15-5-1-3-7-17(15)21-18-8-4-2-6-16(18)20/h1-12H. The molecule has 0 amide bonds. The van der Waals surface area contributed by atoms with Crippen LogP contribution in [0.1, 0.15) is 0 Å². The minimum absolute atomic E-state index is 0.784. The van der Waals surface area contributed by atoms with Crippen LogP contribution >= 0.6 is 11.8 Å². The van der Waals surface area contributed by atoms with Gasteiger partial charge in [0.25, 0.3) is 0 Å². The molecule has 0 unspecified atom stereocenters. The maximum absolute atomic E-state index is 5.82.